The number of allylic oxidation sites excluding steroid dienone is 2. The molecule has 2 aliphatic rings. The van der Waals surface area contributed by atoms with Crippen molar-refractivity contribution in [1.29, 1.82) is 0 Å². The molecule has 3 amide bonds. The lowest BCUT2D eigenvalue weighted by Gasteiger charge is -2.40. The summed E-state index contributed by atoms with van der Waals surface area (Å²) >= 11 is 1.38. The molecule has 1 fully saturated rings. The first kappa shape index (κ1) is 32.8. The van der Waals surface area contributed by atoms with E-state index in [4.69, 9.17) is 20.9 Å². The summed E-state index contributed by atoms with van der Waals surface area (Å²) in [5.41, 5.74) is 2.62. The number of aryl methyl sites for hydroxylation is 1. The molecule has 1 unspecified atom stereocenters. The highest BCUT2D eigenvalue weighted by Gasteiger charge is 2.39. The number of methoxy groups -OCH3 is 1. The van der Waals surface area contributed by atoms with E-state index >= 15 is 0 Å². The summed E-state index contributed by atoms with van der Waals surface area (Å²) in [4.78, 5) is 52.0. The number of ether oxygens (including phenoxy) is 2. The molecule has 46 heavy (non-hydrogen) atoms. The number of carboxylic acids is 1. The fourth-order valence-electron chi connectivity index (χ4n) is 5.91. The molecule has 1 aromatic carbocycles. The first-order valence-electron chi connectivity index (χ1n) is 15.5. The molecular weight excluding hydrogens is 606 g/mol. The van der Waals surface area contributed by atoms with Crippen LogP contribution in [0.3, 0.4) is 0 Å². The monoisotopic (exact) mass is 645 g/mol. The van der Waals surface area contributed by atoms with Crippen molar-refractivity contribution in [3.8, 4) is 34.5 Å². The Morgan fingerprint density at radius 3 is 2.67 bits per heavy atom. The van der Waals surface area contributed by atoms with Crippen molar-refractivity contribution in [2.24, 2.45) is 0 Å². The lowest BCUT2D eigenvalue weighted by molar-refractivity contribution is -0.143. The molecule has 11 nitrogen and oxygen atoms in total. The zero-order valence-corrected chi connectivity index (χ0v) is 27.1. The number of nitrogens with zero attached hydrogens (tertiary/aromatic N) is 4. The molecule has 3 atom stereocenters. The Kier molecular flexibility index (Phi) is 10.4. The van der Waals surface area contributed by atoms with Crippen LogP contribution in [0.15, 0.2) is 35.7 Å². The van der Waals surface area contributed by atoms with Gasteiger partial charge in [-0.1, -0.05) is 12.2 Å². The first-order chi connectivity index (χ1) is 22.2. The number of carbonyl (C=O) groups excluding carboxylic acids is 2. The third-order valence-corrected chi connectivity index (χ3v) is 9.34. The third-order valence-electron chi connectivity index (χ3n) is 8.48. The van der Waals surface area contributed by atoms with Crippen LogP contribution in [0.25, 0.3) is 21.6 Å². The second kappa shape index (κ2) is 14.6. The third kappa shape index (κ3) is 7.26. The fourth-order valence-corrected chi connectivity index (χ4v) is 6.63. The molecule has 0 spiro atoms. The van der Waals surface area contributed by atoms with Gasteiger partial charge in [0.05, 0.1) is 12.6 Å². The number of pyridine rings is 1. The number of nitrogens with one attached hydrogen (secondary N) is 1. The zero-order chi connectivity index (χ0) is 32.8. The molecule has 2 N–H and O–H groups in total. The molecule has 12 heteroatoms. The Morgan fingerprint density at radius 2 is 1.93 bits per heavy atom. The summed E-state index contributed by atoms with van der Waals surface area (Å²) < 4.78 is 12.2. The molecule has 4 heterocycles. The Hall–Kier alpha value is -4.63. The average molecular weight is 646 g/mol. The summed E-state index contributed by atoms with van der Waals surface area (Å²) in [7, 11) is 3.34. The second-order valence-electron chi connectivity index (χ2n) is 11.6. The summed E-state index contributed by atoms with van der Waals surface area (Å²) in [6.07, 6.45) is 13.1. The molecule has 2 aromatic heterocycles. The lowest BCUT2D eigenvalue weighted by Crippen LogP contribution is -2.59. The van der Waals surface area contributed by atoms with Crippen LogP contribution in [0.2, 0.25) is 0 Å². The largest absolute Gasteiger partial charge is 0.496 e. The molecule has 2 aliphatic heterocycles. The van der Waals surface area contributed by atoms with Crippen LogP contribution >= 0.6 is 11.3 Å². The average Bonchev–Trinajstić information content (AvgIpc) is 3.54. The van der Waals surface area contributed by atoms with Gasteiger partial charge in [-0.3, -0.25) is 4.79 Å². The highest BCUT2D eigenvalue weighted by molar-refractivity contribution is 7.13. The predicted molar refractivity (Wildman–Crippen MR) is 176 cm³/mol. The van der Waals surface area contributed by atoms with E-state index in [-0.39, 0.29) is 25.4 Å². The summed E-state index contributed by atoms with van der Waals surface area (Å²) in [6.45, 7) is 2.75. The van der Waals surface area contributed by atoms with Gasteiger partial charge in [0.1, 0.15) is 46.1 Å². The number of rotatable bonds is 5. The molecule has 1 saturated heterocycles. The summed E-state index contributed by atoms with van der Waals surface area (Å²) in [6, 6.07) is 3.32. The predicted octanol–water partition coefficient (Wildman–Crippen LogP) is 5.01. The molecule has 242 valence electrons. The fraction of sp³-hybridized carbons (Fsp3) is 0.441. The number of urea groups is 1. The van der Waals surface area contributed by atoms with Gasteiger partial charge in [-0.2, -0.15) is 0 Å². The number of carbonyl (C=O) groups is 3. The maximum absolute atomic E-state index is 13.7. The Bertz CT molecular complexity index is 1680. The van der Waals surface area contributed by atoms with Gasteiger partial charge in [0.2, 0.25) is 5.91 Å². The number of fused-ring (bicyclic) bond motifs is 2. The van der Waals surface area contributed by atoms with Gasteiger partial charge in [-0.25, -0.2) is 19.6 Å². The number of hydrogen-bond acceptors (Lipinski definition) is 8. The zero-order valence-electron chi connectivity index (χ0n) is 26.3. The van der Waals surface area contributed by atoms with Crippen LogP contribution in [0.4, 0.5) is 4.79 Å². The smallest absolute Gasteiger partial charge is 0.326 e. The number of aromatic nitrogens is 2. The number of hydrogen-bond donors (Lipinski definition) is 2. The van der Waals surface area contributed by atoms with E-state index in [0.29, 0.717) is 52.8 Å². The topological polar surface area (TPSA) is 134 Å². The quantitative estimate of drug-likeness (QED) is 0.292. The maximum atomic E-state index is 13.7. The van der Waals surface area contributed by atoms with Crippen molar-refractivity contribution in [2.45, 2.75) is 70.1 Å². The Balaban J connectivity index is 1.48. The van der Waals surface area contributed by atoms with Gasteiger partial charge in [0.25, 0.3) is 0 Å². The van der Waals surface area contributed by atoms with E-state index in [1.165, 1.54) is 11.3 Å². The van der Waals surface area contributed by atoms with E-state index in [1.54, 1.807) is 29.3 Å². The Labute approximate surface area is 272 Å². The van der Waals surface area contributed by atoms with E-state index in [0.717, 1.165) is 30.2 Å². The van der Waals surface area contributed by atoms with Crippen LogP contribution in [0.1, 0.15) is 56.2 Å². The van der Waals surface area contributed by atoms with E-state index in [9.17, 15) is 19.5 Å². The van der Waals surface area contributed by atoms with Gasteiger partial charge >= 0.3 is 12.0 Å². The van der Waals surface area contributed by atoms with Crippen molar-refractivity contribution >= 4 is 40.1 Å². The molecule has 0 saturated carbocycles. The van der Waals surface area contributed by atoms with E-state index in [2.05, 4.69) is 16.2 Å². The van der Waals surface area contributed by atoms with Crippen LogP contribution in [0, 0.1) is 19.3 Å². The summed E-state index contributed by atoms with van der Waals surface area (Å²) in [5.74, 6) is 2.17. The Morgan fingerprint density at radius 1 is 1.13 bits per heavy atom. The second-order valence-corrected chi connectivity index (χ2v) is 12.5. The van der Waals surface area contributed by atoms with Crippen LogP contribution in [-0.4, -0.2) is 88.2 Å². The molecule has 5 rings (SSSR count). The van der Waals surface area contributed by atoms with Gasteiger partial charge < -0.3 is 29.7 Å². The van der Waals surface area contributed by atoms with E-state index < -0.39 is 30.1 Å². The SMILES string of the molecule is C#Cc1csc(-c2cc(O[C@@H]3CCN4C(=O)N(C)CCCCC=CCC[C@H](C(=O)O)NC(=O)C4C3)c3ccc(OC)c(C)c3n2)n1. The number of aliphatic carboxylic acids is 1. The molecular formula is C34H39N5O6S. The summed E-state index contributed by atoms with van der Waals surface area (Å²) in [5, 5.41) is 15.8. The highest BCUT2D eigenvalue weighted by Crippen LogP contribution is 2.37. The number of carboxylic acid groups (broad SMARTS) is 1. The highest BCUT2D eigenvalue weighted by atomic mass is 32.1. The van der Waals surface area contributed by atoms with Gasteiger partial charge in [0, 0.05) is 55.4 Å². The molecule has 0 bridgehead atoms. The van der Waals surface area contributed by atoms with Gasteiger partial charge in [0.15, 0.2) is 0 Å². The van der Waals surface area contributed by atoms with Crippen LogP contribution in [-0.2, 0) is 9.59 Å². The normalized spacial score (nSPS) is 21.5. The van der Waals surface area contributed by atoms with Crippen LogP contribution < -0.4 is 14.8 Å². The standard InChI is InChI=1S/C34H39N5O6S/c1-5-22-20-46-32(35-22)26-19-29(24-13-14-28(44-4)21(2)30(24)36-26)45-23-15-17-39-27(18-23)31(40)37-25(33(41)42)12-10-8-6-7-9-11-16-38(3)34(39)43/h1,6,8,13-14,19-20,23,25,27H,7,9-12,15-18H2,2-4H3,(H,37,40)(H,41,42)/t23-,25-,27?/m1/s1. The van der Waals surface area contributed by atoms with Gasteiger partial charge in [-0.15, -0.1) is 17.8 Å². The molecule has 0 aliphatic carbocycles. The van der Waals surface area contributed by atoms with Crippen molar-refractivity contribution in [3.05, 3.63) is 47.0 Å². The number of terminal acetylenes is 1. The molecule has 0 radical (unpaired) electrons. The minimum Gasteiger partial charge on any atom is -0.496 e. The maximum Gasteiger partial charge on any atom is 0.326 e. The van der Waals surface area contributed by atoms with Crippen molar-refractivity contribution in [3.63, 3.8) is 0 Å². The van der Waals surface area contributed by atoms with Crippen molar-refractivity contribution < 1.29 is 29.0 Å². The minimum atomic E-state index is -1.11. The number of thiazole rings is 1. The van der Waals surface area contributed by atoms with Crippen LogP contribution in [0.5, 0.6) is 11.5 Å². The van der Waals surface area contributed by atoms with E-state index in [1.807, 2.05) is 37.3 Å². The first-order valence-corrected chi connectivity index (χ1v) is 16.4. The number of piperidine rings is 1. The van der Waals surface area contributed by atoms with Crippen molar-refractivity contribution in [2.75, 3.05) is 27.2 Å². The van der Waals surface area contributed by atoms with Gasteiger partial charge in [-0.05, 0) is 57.1 Å². The lowest BCUT2D eigenvalue weighted by atomic mass is 9.97. The number of amides is 3. The molecule has 3 aromatic rings. The minimum absolute atomic E-state index is 0.185. The number of benzene rings is 1. The van der Waals surface area contributed by atoms with Crippen molar-refractivity contribution in [1.82, 2.24) is 25.1 Å².